The summed E-state index contributed by atoms with van der Waals surface area (Å²) in [5, 5.41) is 1.61. The molecule has 194 valence electrons. The van der Waals surface area contributed by atoms with Gasteiger partial charge in [-0.15, -0.1) is 0 Å². The lowest BCUT2D eigenvalue weighted by molar-refractivity contribution is 0.219. The van der Waals surface area contributed by atoms with Crippen LogP contribution in [0.25, 0.3) is 23.1 Å². The van der Waals surface area contributed by atoms with E-state index in [-0.39, 0.29) is 30.0 Å². The number of fused-ring (bicyclic) bond motifs is 1. The van der Waals surface area contributed by atoms with E-state index in [1.165, 1.54) is 16.1 Å². The Labute approximate surface area is 227 Å². The van der Waals surface area contributed by atoms with Crippen molar-refractivity contribution in [1.29, 1.82) is 0 Å². The molecule has 0 saturated heterocycles. The van der Waals surface area contributed by atoms with E-state index < -0.39 is 17.6 Å². The number of rotatable bonds is 10. The molecule has 1 heterocycles. The predicted molar refractivity (Wildman–Crippen MR) is 151 cm³/mol. The highest BCUT2D eigenvalue weighted by Crippen LogP contribution is 2.53. The fraction of sp³-hybridized carbons (Fsp3) is 0.185. The Balaban J connectivity index is 2.02. The van der Waals surface area contributed by atoms with E-state index >= 15 is 0 Å². The van der Waals surface area contributed by atoms with Crippen molar-refractivity contribution in [3.63, 3.8) is 0 Å². The maximum Gasteiger partial charge on any atom is 0.336 e. The van der Waals surface area contributed by atoms with Gasteiger partial charge in [-0.2, -0.15) is 0 Å². The molecule has 0 aliphatic rings. The summed E-state index contributed by atoms with van der Waals surface area (Å²) in [4.78, 5) is 0.107. The Morgan fingerprint density at radius 2 is 1.54 bits per heavy atom. The zero-order chi connectivity index (χ0) is 26.6. The highest BCUT2D eigenvalue weighted by atomic mass is 35.5. The Morgan fingerprint density at radius 1 is 0.892 bits per heavy atom. The Bertz CT molecular complexity index is 1590. The zero-order valence-corrected chi connectivity index (χ0v) is 23.5. The SMILES string of the molecule is CCOP(=O)(Cc1c(/C=C/c2ccc(Cl)cc2Cl)c2ccccc2n1S(=O)(=O)c1ccccc1)OCC. The standard InChI is InChI=1S/C27H26Cl2NO5PS/c1-3-34-36(31,35-4-2)19-27-24(17-15-20-14-16-21(28)18-25(20)29)23-12-8-9-13-26(23)30(27)37(32,33)22-10-6-5-7-11-22/h5-18H,3-4,19H2,1-2H3/b17-15+. The van der Waals surface area contributed by atoms with Crippen LogP contribution in [0.5, 0.6) is 0 Å². The maximum absolute atomic E-state index is 14.0. The van der Waals surface area contributed by atoms with Crippen molar-refractivity contribution < 1.29 is 22.0 Å². The summed E-state index contributed by atoms with van der Waals surface area (Å²) in [5.41, 5.74) is 2.00. The van der Waals surface area contributed by atoms with Gasteiger partial charge < -0.3 is 9.05 Å². The van der Waals surface area contributed by atoms with Crippen LogP contribution >= 0.6 is 30.8 Å². The summed E-state index contributed by atoms with van der Waals surface area (Å²) in [5.74, 6) is 0. The van der Waals surface area contributed by atoms with E-state index in [9.17, 15) is 13.0 Å². The van der Waals surface area contributed by atoms with E-state index in [4.69, 9.17) is 32.2 Å². The van der Waals surface area contributed by atoms with E-state index in [0.29, 0.717) is 32.1 Å². The van der Waals surface area contributed by atoms with Gasteiger partial charge in [0.05, 0.1) is 35.5 Å². The summed E-state index contributed by atoms with van der Waals surface area (Å²) in [6.07, 6.45) is 3.30. The maximum atomic E-state index is 14.0. The van der Waals surface area contributed by atoms with Crippen molar-refractivity contribution in [2.45, 2.75) is 24.9 Å². The molecule has 0 aliphatic carbocycles. The Kier molecular flexibility index (Phi) is 8.64. The number of halogens is 2. The van der Waals surface area contributed by atoms with Gasteiger partial charge in [0.2, 0.25) is 0 Å². The average molecular weight is 578 g/mol. The summed E-state index contributed by atoms with van der Waals surface area (Å²) >= 11 is 12.4. The lowest BCUT2D eigenvalue weighted by atomic mass is 10.1. The van der Waals surface area contributed by atoms with Crippen LogP contribution in [0.2, 0.25) is 10.0 Å². The second-order valence-corrected chi connectivity index (χ2v) is 12.7. The molecule has 0 amide bonds. The predicted octanol–water partition coefficient (Wildman–Crippen LogP) is 8.12. The molecule has 0 unspecified atom stereocenters. The van der Waals surface area contributed by atoms with Crippen LogP contribution in [-0.4, -0.2) is 25.6 Å². The summed E-state index contributed by atoms with van der Waals surface area (Å²) < 4.78 is 54.0. The number of benzene rings is 3. The molecule has 0 N–H and O–H groups in total. The minimum atomic E-state index is -4.07. The van der Waals surface area contributed by atoms with Crippen molar-refractivity contribution in [2.75, 3.05) is 13.2 Å². The van der Waals surface area contributed by atoms with Crippen molar-refractivity contribution in [1.82, 2.24) is 3.97 Å². The minimum absolute atomic E-state index is 0.107. The fourth-order valence-electron chi connectivity index (χ4n) is 4.11. The fourth-order valence-corrected chi connectivity index (χ4v) is 7.98. The molecular weight excluding hydrogens is 552 g/mol. The first-order valence-corrected chi connectivity index (χ1v) is 15.6. The third-order valence-electron chi connectivity index (χ3n) is 5.64. The number of hydrogen-bond donors (Lipinski definition) is 0. The number of aromatic nitrogens is 1. The summed E-state index contributed by atoms with van der Waals surface area (Å²) in [7, 11) is -7.75. The average Bonchev–Trinajstić information content (AvgIpc) is 3.17. The van der Waals surface area contributed by atoms with Gasteiger partial charge in [-0.3, -0.25) is 4.57 Å². The monoisotopic (exact) mass is 577 g/mol. The van der Waals surface area contributed by atoms with Crippen molar-refractivity contribution in [2.24, 2.45) is 0 Å². The second kappa shape index (κ2) is 11.6. The van der Waals surface area contributed by atoms with Gasteiger partial charge in [0.25, 0.3) is 10.0 Å². The molecule has 10 heteroatoms. The molecule has 4 rings (SSSR count). The second-order valence-electron chi connectivity index (χ2n) is 8.06. The molecule has 0 aliphatic heterocycles. The van der Waals surface area contributed by atoms with Crippen molar-refractivity contribution in [3.05, 3.63) is 99.7 Å². The first-order chi connectivity index (χ1) is 17.7. The van der Waals surface area contributed by atoms with E-state index in [1.54, 1.807) is 74.5 Å². The first kappa shape index (κ1) is 27.6. The Morgan fingerprint density at radius 3 is 2.19 bits per heavy atom. The lowest BCUT2D eigenvalue weighted by Crippen LogP contribution is -2.17. The first-order valence-electron chi connectivity index (χ1n) is 11.6. The van der Waals surface area contributed by atoms with Crippen LogP contribution in [-0.2, 0) is 29.8 Å². The quantitative estimate of drug-likeness (QED) is 0.178. The van der Waals surface area contributed by atoms with Gasteiger partial charge in [-0.05, 0) is 49.7 Å². The van der Waals surface area contributed by atoms with Gasteiger partial charge in [-0.25, -0.2) is 12.4 Å². The number of hydrogen-bond acceptors (Lipinski definition) is 5. The van der Waals surface area contributed by atoms with Crippen LogP contribution < -0.4 is 0 Å². The molecular formula is C27H26Cl2NO5PS. The van der Waals surface area contributed by atoms with E-state index in [1.807, 2.05) is 12.1 Å². The van der Waals surface area contributed by atoms with Gasteiger partial charge in [0.1, 0.15) is 0 Å². The highest BCUT2D eigenvalue weighted by molar-refractivity contribution is 7.90. The third kappa shape index (κ3) is 5.88. The third-order valence-corrected chi connectivity index (χ3v) is 9.96. The van der Waals surface area contributed by atoms with Gasteiger partial charge in [0.15, 0.2) is 0 Å². The van der Waals surface area contributed by atoms with E-state index in [2.05, 4.69) is 0 Å². The van der Waals surface area contributed by atoms with Crippen molar-refractivity contribution >= 4 is 63.9 Å². The topological polar surface area (TPSA) is 74.6 Å². The molecule has 37 heavy (non-hydrogen) atoms. The van der Waals surface area contributed by atoms with Gasteiger partial charge >= 0.3 is 7.60 Å². The van der Waals surface area contributed by atoms with Gasteiger partial charge in [-0.1, -0.05) is 77.8 Å². The Hall–Kier alpha value is -2.38. The van der Waals surface area contributed by atoms with Crippen LogP contribution in [0.3, 0.4) is 0 Å². The number of para-hydroxylation sites is 1. The zero-order valence-electron chi connectivity index (χ0n) is 20.3. The molecule has 3 aromatic carbocycles. The van der Waals surface area contributed by atoms with Crippen LogP contribution in [0.15, 0.2) is 77.7 Å². The highest BCUT2D eigenvalue weighted by Gasteiger charge is 2.33. The van der Waals surface area contributed by atoms with Crippen LogP contribution in [0.4, 0.5) is 0 Å². The molecule has 0 bridgehead atoms. The van der Waals surface area contributed by atoms with Crippen LogP contribution in [0.1, 0.15) is 30.7 Å². The molecule has 4 aromatic rings. The molecule has 0 fully saturated rings. The smallest absolute Gasteiger partial charge is 0.309 e. The largest absolute Gasteiger partial charge is 0.336 e. The van der Waals surface area contributed by atoms with E-state index in [0.717, 1.165) is 0 Å². The van der Waals surface area contributed by atoms with Gasteiger partial charge in [0, 0.05) is 21.0 Å². The molecule has 0 radical (unpaired) electrons. The van der Waals surface area contributed by atoms with Crippen molar-refractivity contribution in [3.8, 4) is 0 Å². The number of nitrogens with zero attached hydrogens (tertiary/aromatic N) is 1. The molecule has 0 saturated carbocycles. The van der Waals surface area contributed by atoms with Crippen LogP contribution in [0, 0.1) is 0 Å². The lowest BCUT2D eigenvalue weighted by Gasteiger charge is -2.19. The normalized spacial score (nSPS) is 12.5. The molecule has 0 spiro atoms. The summed E-state index contributed by atoms with van der Waals surface area (Å²) in [6.45, 7) is 3.72. The molecule has 6 nitrogen and oxygen atoms in total. The molecule has 0 atom stereocenters. The molecule has 1 aromatic heterocycles. The minimum Gasteiger partial charge on any atom is -0.309 e. The summed E-state index contributed by atoms with van der Waals surface area (Å²) in [6, 6.07) is 20.4.